The van der Waals surface area contributed by atoms with Crippen LogP contribution in [0.15, 0.2) is 231 Å². The Balaban J connectivity index is 0.963. The molecule has 0 N–H and O–H groups in total. The summed E-state index contributed by atoms with van der Waals surface area (Å²) in [5.41, 5.74) is 14.1. The van der Waals surface area contributed by atoms with E-state index in [0.717, 1.165) is 22.7 Å². The van der Waals surface area contributed by atoms with Crippen molar-refractivity contribution in [2.45, 2.75) is 0 Å². The summed E-state index contributed by atoms with van der Waals surface area (Å²) in [6.45, 7) is 0. The molecular formula is C56H38N2. The first-order valence-corrected chi connectivity index (χ1v) is 19.9. The van der Waals surface area contributed by atoms with Gasteiger partial charge in [-0.15, -0.1) is 0 Å². The van der Waals surface area contributed by atoms with Crippen molar-refractivity contribution in [3.05, 3.63) is 231 Å². The molecule has 272 valence electrons. The lowest BCUT2D eigenvalue weighted by molar-refractivity contribution is 1.19. The number of benzene rings is 10. The van der Waals surface area contributed by atoms with E-state index in [2.05, 4.69) is 240 Å². The quantitative estimate of drug-likeness (QED) is 0.158. The molecule has 0 aliphatic rings. The van der Waals surface area contributed by atoms with Crippen molar-refractivity contribution in [1.29, 1.82) is 0 Å². The first-order valence-electron chi connectivity index (χ1n) is 19.9. The Hall–Kier alpha value is -7.68. The van der Waals surface area contributed by atoms with Crippen LogP contribution in [0.2, 0.25) is 0 Å². The Morgan fingerprint density at radius 1 is 0.276 bits per heavy atom. The van der Waals surface area contributed by atoms with E-state index in [1.54, 1.807) is 0 Å². The van der Waals surface area contributed by atoms with Gasteiger partial charge in [-0.2, -0.15) is 0 Å². The molecule has 0 unspecified atom stereocenters. The summed E-state index contributed by atoms with van der Waals surface area (Å²) in [4.78, 5) is 2.37. The monoisotopic (exact) mass is 738 g/mol. The Morgan fingerprint density at radius 3 is 1.59 bits per heavy atom. The number of rotatable bonds is 7. The smallest absolute Gasteiger partial charge is 0.0619 e. The molecule has 0 bridgehead atoms. The van der Waals surface area contributed by atoms with Crippen LogP contribution in [0.25, 0.3) is 82.4 Å². The highest BCUT2D eigenvalue weighted by molar-refractivity contribution is 6.18. The Labute approximate surface area is 338 Å². The lowest BCUT2D eigenvalue weighted by atomic mass is 10.00. The molecule has 0 saturated heterocycles. The van der Waals surface area contributed by atoms with Crippen LogP contribution in [0.1, 0.15) is 0 Å². The number of hydrogen-bond acceptors (Lipinski definition) is 1. The van der Waals surface area contributed by atoms with Crippen LogP contribution in [0.3, 0.4) is 0 Å². The van der Waals surface area contributed by atoms with Crippen molar-refractivity contribution in [3.63, 3.8) is 0 Å². The molecule has 58 heavy (non-hydrogen) atoms. The van der Waals surface area contributed by atoms with Gasteiger partial charge in [0.1, 0.15) is 0 Å². The largest absolute Gasteiger partial charge is 0.310 e. The highest BCUT2D eigenvalue weighted by Crippen LogP contribution is 2.40. The summed E-state index contributed by atoms with van der Waals surface area (Å²) in [7, 11) is 0. The summed E-state index contributed by atoms with van der Waals surface area (Å²) in [5, 5.41) is 7.46. The molecule has 0 atom stereocenters. The zero-order chi connectivity index (χ0) is 38.4. The molecule has 2 nitrogen and oxygen atoms in total. The summed E-state index contributed by atoms with van der Waals surface area (Å²) in [5.74, 6) is 0. The molecule has 0 radical (unpaired) electrons. The topological polar surface area (TPSA) is 8.17 Å². The van der Waals surface area contributed by atoms with Crippen LogP contribution in [-0.2, 0) is 0 Å². The molecule has 1 aromatic heterocycles. The fraction of sp³-hybridized carbons (Fsp3) is 0. The van der Waals surface area contributed by atoms with E-state index < -0.39 is 0 Å². The van der Waals surface area contributed by atoms with Gasteiger partial charge in [-0.1, -0.05) is 170 Å². The minimum absolute atomic E-state index is 1.11. The fourth-order valence-electron chi connectivity index (χ4n) is 8.69. The zero-order valence-corrected chi connectivity index (χ0v) is 31.8. The van der Waals surface area contributed by atoms with Crippen molar-refractivity contribution >= 4 is 60.4 Å². The molecule has 10 aromatic carbocycles. The number of aromatic nitrogens is 1. The molecule has 0 spiro atoms. The fourth-order valence-corrected chi connectivity index (χ4v) is 8.69. The molecule has 11 rings (SSSR count). The van der Waals surface area contributed by atoms with Crippen LogP contribution in [-0.4, -0.2) is 4.57 Å². The van der Waals surface area contributed by atoms with Crippen molar-refractivity contribution in [2.24, 2.45) is 0 Å². The number of nitrogens with zero attached hydrogens (tertiary/aromatic N) is 2. The molecule has 11 aromatic rings. The van der Waals surface area contributed by atoms with E-state index in [-0.39, 0.29) is 0 Å². The second-order valence-corrected chi connectivity index (χ2v) is 15.0. The standard InChI is InChI=1S/C56H38N2/c1-3-12-39(13-4-1)41-24-30-48(31-25-41)57(50-18-11-17-44(37-50)40-14-5-2-6-15-40)51-34-28-46-36-45(22-23-47(46)38-51)42-26-32-49(33-27-42)58-55-21-10-9-20-53(55)54-35-29-43-16-7-8-19-52(43)56(54)58/h1-38H. The van der Waals surface area contributed by atoms with Gasteiger partial charge in [0.15, 0.2) is 0 Å². The predicted octanol–water partition coefficient (Wildman–Crippen LogP) is 15.6. The van der Waals surface area contributed by atoms with Gasteiger partial charge in [0.05, 0.1) is 11.0 Å². The van der Waals surface area contributed by atoms with E-state index in [1.165, 1.54) is 76.7 Å². The van der Waals surface area contributed by atoms with Crippen molar-refractivity contribution in [1.82, 2.24) is 4.57 Å². The third-order valence-electron chi connectivity index (χ3n) is 11.5. The van der Waals surface area contributed by atoms with Gasteiger partial charge in [-0.25, -0.2) is 0 Å². The molecule has 2 heteroatoms. The van der Waals surface area contributed by atoms with E-state index in [4.69, 9.17) is 0 Å². The molecule has 1 heterocycles. The van der Waals surface area contributed by atoms with Crippen LogP contribution >= 0.6 is 0 Å². The van der Waals surface area contributed by atoms with Gasteiger partial charge >= 0.3 is 0 Å². The molecule has 0 saturated carbocycles. The number of para-hydroxylation sites is 1. The summed E-state index contributed by atoms with van der Waals surface area (Å²) in [6.07, 6.45) is 0. The van der Waals surface area contributed by atoms with E-state index in [9.17, 15) is 0 Å². The van der Waals surface area contributed by atoms with Gasteiger partial charge in [0.25, 0.3) is 0 Å². The summed E-state index contributed by atoms with van der Waals surface area (Å²) >= 11 is 0. The van der Waals surface area contributed by atoms with Gasteiger partial charge in [-0.3, -0.25) is 0 Å². The SMILES string of the molecule is c1ccc(-c2ccc(N(c3cccc(-c4ccccc4)c3)c3ccc4cc(-c5ccc(-n6c7ccccc7c7ccc8ccccc8c76)cc5)ccc4c3)cc2)cc1. The Bertz CT molecular complexity index is 3250. The molecule has 0 aliphatic carbocycles. The first kappa shape index (κ1) is 33.6. The highest BCUT2D eigenvalue weighted by Gasteiger charge is 2.17. The van der Waals surface area contributed by atoms with E-state index in [1.807, 2.05) is 0 Å². The average molecular weight is 739 g/mol. The molecule has 0 aliphatic heterocycles. The minimum atomic E-state index is 1.11. The van der Waals surface area contributed by atoms with E-state index >= 15 is 0 Å². The number of hydrogen-bond donors (Lipinski definition) is 0. The van der Waals surface area contributed by atoms with Crippen LogP contribution in [0, 0.1) is 0 Å². The lowest BCUT2D eigenvalue weighted by Crippen LogP contribution is -2.10. The lowest BCUT2D eigenvalue weighted by Gasteiger charge is -2.26. The van der Waals surface area contributed by atoms with Gasteiger partial charge in [0.2, 0.25) is 0 Å². The van der Waals surface area contributed by atoms with Crippen molar-refractivity contribution in [2.75, 3.05) is 4.90 Å². The molecule has 0 amide bonds. The second-order valence-electron chi connectivity index (χ2n) is 15.0. The zero-order valence-electron chi connectivity index (χ0n) is 31.8. The van der Waals surface area contributed by atoms with E-state index in [0.29, 0.717) is 0 Å². The maximum absolute atomic E-state index is 2.43. The van der Waals surface area contributed by atoms with Gasteiger partial charge in [-0.05, 0) is 110 Å². The van der Waals surface area contributed by atoms with Crippen molar-refractivity contribution < 1.29 is 0 Å². The van der Waals surface area contributed by atoms with Crippen molar-refractivity contribution in [3.8, 4) is 39.1 Å². The normalized spacial score (nSPS) is 11.4. The van der Waals surface area contributed by atoms with Crippen LogP contribution < -0.4 is 4.90 Å². The maximum atomic E-state index is 2.43. The first-order chi connectivity index (χ1) is 28.7. The number of anilines is 3. The molecule has 0 fully saturated rings. The number of fused-ring (bicyclic) bond motifs is 6. The van der Waals surface area contributed by atoms with Gasteiger partial charge < -0.3 is 9.47 Å². The third-order valence-corrected chi connectivity index (χ3v) is 11.5. The Kier molecular flexibility index (Phi) is 8.19. The molecular weight excluding hydrogens is 701 g/mol. The highest BCUT2D eigenvalue weighted by atomic mass is 15.1. The van der Waals surface area contributed by atoms with Gasteiger partial charge in [0, 0.05) is 38.9 Å². The summed E-state index contributed by atoms with van der Waals surface area (Å²) < 4.78 is 2.43. The maximum Gasteiger partial charge on any atom is 0.0619 e. The van der Waals surface area contributed by atoms with Crippen LogP contribution in [0.5, 0.6) is 0 Å². The van der Waals surface area contributed by atoms with Crippen LogP contribution in [0.4, 0.5) is 17.1 Å². The third kappa shape index (κ3) is 5.91. The summed E-state index contributed by atoms with van der Waals surface area (Å²) in [6, 6.07) is 83.6. The second kappa shape index (κ2) is 14.1. The predicted molar refractivity (Wildman–Crippen MR) is 247 cm³/mol. The average Bonchev–Trinajstić information content (AvgIpc) is 3.65. The Morgan fingerprint density at radius 2 is 0.793 bits per heavy atom. The minimum Gasteiger partial charge on any atom is -0.310 e.